The van der Waals surface area contributed by atoms with Crippen molar-refractivity contribution in [3.63, 3.8) is 0 Å². The van der Waals surface area contributed by atoms with Crippen LogP contribution in [0, 0.1) is 40.9 Å². The van der Waals surface area contributed by atoms with E-state index < -0.39 is 230 Å². The minimum atomic E-state index is -6.36. The molecule has 2 aliphatic heterocycles. The topological polar surface area (TPSA) is 276 Å². The number of halogens is 18. The lowest BCUT2D eigenvalue weighted by molar-refractivity contribution is -0.423. The molecule has 4 saturated carbocycles. The van der Waals surface area contributed by atoms with Gasteiger partial charge in [-0.05, 0) is 158 Å². The van der Waals surface area contributed by atoms with Crippen molar-refractivity contribution >= 4 is 35.8 Å². The molecule has 4 N–H and O–H groups in total. The molecule has 38 heteroatoms. The number of hydrogen-bond donors (Lipinski definition) is 4. The van der Waals surface area contributed by atoms with Gasteiger partial charge in [-0.1, -0.05) is 13.2 Å². The van der Waals surface area contributed by atoms with Gasteiger partial charge in [-0.3, -0.25) is 19.2 Å². The molecule has 2 saturated heterocycles. The first-order chi connectivity index (χ1) is 45.7. The minimum Gasteiger partial charge on any atom is -0.459 e. The molecule has 20 nitrogen and oxygen atoms in total. The lowest BCUT2D eigenvalue weighted by atomic mass is 9.73. The summed E-state index contributed by atoms with van der Waals surface area (Å²) in [5.74, 6) is -11.8. The zero-order chi connectivity index (χ0) is 81.7. The zero-order valence-electron chi connectivity index (χ0n) is 60.5. The van der Waals surface area contributed by atoms with Gasteiger partial charge in [0.1, 0.15) is 70.2 Å². The van der Waals surface area contributed by atoms with Crippen molar-refractivity contribution in [1.29, 1.82) is 0 Å². The van der Waals surface area contributed by atoms with Crippen molar-refractivity contribution in [2.45, 2.75) is 311 Å². The first kappa shape index (κ1) is 89.3. The smallest absolute Gasteiger partial charge is 0.429 e. The summed E-state index contributed by atoms with van der Waals surface area (Å²) in [5, 5.41) is 41.3. The van der Waals surface area contributed by atoms with Gasteiger partial charge >= 0.3 is 72.9 Å². The number of carbonyl (C=O) groups is 6. The number of hydrogen-bond acceptors (Lipinski definition) is 20. The van der Waals surface area contributed by atoms with E-state index in [0.717, 1.165) is 83.1 Å². The maximum absolute atomic E-state index is 14.1. The maximum atomic E-state index is 14.1. The molecule has 4 bridgehead atoms. The fourth-order valence-corrected chi connectivity index (χ4v) is 15.2. The summed E-state index contributed by atoms with van der Waals surface area (Å²) in [6.45, 7) is 23.5. The van der Waals surface area contributed by atoms with Gasteiger partial charge in [0.25, 0.3) is 11.2 Å². The summed E-state index contributed by atoms with van der Waals surface area (Å²) in [6, 6.07) is 0. The highest BCUT2D eigenvalue weighted by molar-refractivity contribution is 6.03. The molecule has 104 heavy (non-hydrogen) atoms. The van der Waals surface area contributed by atoms with Crippen LogP contribution in [0.25, 0.3) is 0 Å². The summed E-state index contributed by atoms with van der Waals surface area (Å²) in [5.41, 5.74) is -40.9. The fraction of sp³-hybridized carbons (Fsp3) is 0.848. The van der Waals surface area contributed by atoms with E-state index in [0.29, 0.717) is 41.5 Å². The lowest BCUT2D eigenvalue weighted by Crippen LogP contribution is -2.71. The molecule has 6 fully saturated rings. The van der Waals surface area contributed by atoms with Crippen LogP contribution in [0.1, 0.15) is 171 Å². The summed E-state index contributed by atoms with van der Waals surface area (Å²) in [6.07, 6.45) is -45.7. The number of fused-ring (bicyclic) bond motifs is 2. The Balaban J connectivity index is 0.000000374. The standard InChI is InChI=1S/2C33H45F9O10/c1-15(2)21(43)49-19-16-12-17-20(19)50-23(45)29(17,13-16)22(44)48-18(14-24(3,4)51-26(7,8)28(11,46)31(34,35)36)25(5,6)52-27(9,10)30(47,32(37,38)39)33(40,41)42;1-14(2)22(43)49-20-15-12-16-19(24(45)50-21(16)20)18(15)23(44)48-17(13-25(3,4)51-27(7,8)29(11,46)31(34,35)36)26(5,6)52-28(9,10)30(47,32(37,38)39)33(40,41)42/h16-20,46-47H,1,12-14H2,2-11H3;15-21,46-47H,1,12-13H2,2-11H3. The van der Waals surface area contributed by atoms with E-state index in [1.54, 1.807) is 0 Å². The van der Waals surface area contributed by atoms with Crippen LogP contribution >= 0.6 is 0 Å². The highest BCUT2D eigenvalue weighted by Crippen LogP contribution is 2.65. The number of ether oxygens (including phenoxy) is 10. The van der Waals surface area contributed by atoms with Crippen LogP contribution in [0.4, 0.5) is 79.0 Å². The molecule has 0 amide bonds. The predicted octanol–water partition coefficient (Wildman–Crippen LogP) is 11.9. The average Bonchev–Trinajstić information content (AvgIpc) is 1.54. The summed E-state index contributed by atoms with van der Waals surface area (Å²) in [7, 11) is 0. The molecule has 0 aromatic heterocycles. The second-order valence-corrected chi connectivity index (χ2v) is 32.4. The van der Waals surface area contributed by atoms with Gasteiger partial charge in [-0.2, -0.15) is 79.0 Å². The first-order valence-electron chi connectivity index (χ1n) is 32.4. The number of alkyl halides is 18. The Morgan fingerprint density at radius 3 is 1.18 bits per heavy atom. The Bertz CT molecular complexity index is 3270. The van der Waals surface area contributed by atoms with E-state index in [1.165, 1.54) is 13.8 Å². The van der Waals surface area contributed by atoms with Gasteiger partial charge in [0.2, 0.25) is 0 Å². The molecule has 15 atom stereocenters. The highest BCUT2D eigenvalue weighted by Gasteiger charge is 2.81. The van der Waals surface area contributed by atoms with Gasteiger partial charge < -0.3 is 67.8 Å². The normalized spacial score (nSPS) is 27.6. The summed E-state index contributed by atoms with van der Waals surface area (Å²) in [4.78, 5) is 79.1. The Morgan fingerprint density at radius 2 is 0.837 bits per heavy atom. The van der Waals surface area contributed by atoms with Crippen molar-refractivity contribution in [2.24, 2.45) is 40.9 Å². The minimum absolute atomic E-state index is 0.0170. The van der Waals surface area contributed by atoms with E-state index in [4.69, 9.17) is 47.4 Å². The molecule has 0 radical (unpaired) electrons. The van der Waals surface area contributed by atoms with Crippen LogP contribution in [-0.2, 0) is 76.1 Å². The van der Waals surface area contributed by atoms with Crippen LogP contribution in [0.15, 0.2) is 24.3 Å². The molecule has 600 valence electrons. The monoisotopic (exact) mass is 1540 g/mol. The first-order valence-corrected chi connectivity index (χ1v) is 32.4. The fourth-order valence-electron chi connectivity index (χ4n) is 15.2. The van der Waals surface area contributed by atoms with Gasteiger partial charge in [-0.25, -0.2) is 9.59 Å². The Labute approximate surface area is 586 Å². The lowest BCUT2D eigenvalue weighted by Gasteiger charge is -2.50. The van der Waals surface area contributed by atoms with Crippen LogP contribution in [0.2, 0.25) is 0 Å². The van der Waals surface area contributed by atoms with E-state index >= 15 is 0 Å². The molecule has 0 aromatic rings. The highest BCUT2D eigenvalue weighted by atomic mass is 19.4. The molecule has 0 aromatic carbocycles. The largest absolute Gasteiger partial charge is 0.459 e. The van der Waals surface area contributed by atoms with Crippen LogP contribution in [0.5, 0.6) is 0 Å². The summed E-state index contributed by atoms with van der Waals surface area (Å²) < 4.78 is 306. The third-order valence-corrected chi connectivity index (χ3v) is 21.3. The predicted molar refractivity (Wildman–Crippen MR) is 320 cm³/mol. The number of carbonyl (C=O) groups excluding carboxylic acids is 6. The molecule has 4 aliphatic carbocycles. The van der Waals surface area contributed by atoms with Crippen molar-refractivity contribution < 1.29 is 176 Å². The van der Waals surface area contributed by atoms with Gasteiger partial charge in [-0.15, -0.1) is 0 Å². The molecule has 15 unspecified atom stereocenters. The van der Waals surface area contributed by atoms with Crippen molar-refractivity contribution in [2.75, 3.05) is 0 Å². The van der Waals surface area contributed by atoms with E-state index in [2.05, 4.69) is 13.2 Å². The van der Waals surface area contributed by atoms with E-state index in [1.807, 2.05) is 0 Å². The van der Waals surface area contributed by atoms with Gasteiger partial charge in [0.15, 0.2) is 16.6 Å². The molecular weight excluding hydrogens is 1450 g/mol. The van der Waals surface area contributed by atoms with Crippen LogP contribution < -0.4 is 0 Å². The molecule has 6 rings (SSSR count). The van der Waals surface area contributed by atoms with Crippen molar-refractivity contribution in [3.05, 3.63) is 24.3 Å². The zero-order valence-corrected chi connectivity index (χ0v) is 60.5. The van der Waals surface area contributed by atoms with Crippen LogP contribution in [-0.4, -0.2) is 197 Å². The average molecular weight is 1550 g/mol. The van der Waals surface area contributed by atoms with Crippen molar-refractivity contribution in [1.82, 2.24) is 0 Å². The van der Waals surface area contributed by atoms with Gasteiger partial charge in [0, 0.05) is 47.7 Å². The van der Waals surface area contributed by atoms with E-state index in [-0.39, 0.29) is 30.4 Å². The second-order valence-electron chi connectivity index (χ2n) is 32.4. The van der Waals surface area contributed by atoms with E-state index in [9.17, 15) is 128 Å². The number of rotatable bonds is 26. The Morgan fingerprint density at radius 1 is 0.481 bits per heavy atom. The third-order valence-electron chi connectivity index (χ3n) is 21.3. The SMILES string of the molecule is C=C(C)C(=O)OC1C2CC3C1OC(=O)C3(C(=O)OC(CC(C)(C)OC(C)(C)C(C)(O)C(F)(F)F)C(C)(C)OC(C)(C)C(O)(C(F)(F)F)C(F)(F)F)C2.C=C(C)C(=O)OC1C2CC3C1OC(=O)C3C2C(=O)OC(CC(C)(C)OC(C)(C)C(C)(O)C(F)(F)F)C(C)(C)OC(C)(C)C(O)(C(F)(F)F)C(F)(F)F. The quantitative estimate of drug-likeness (QED) is 0.0206. The van der Waals surface area contributed by atoms with Crippen molar-refractivity contribution in [3.8, 4) is 0 Å². The molecule has 6 aliphatic rings. The number of esters is 6. The molecule has 2 heterocycles. The Hall–Kier alpha value is -5.28. The molecule has 0 spiro atoms. The maximum Gasteiger partial charge on any atom is 0.429 e. The van der Waals surface area contributed by atoms with Crippen LogP contribution in [0.3, 0.4) is 0 Å². The number of aliphatic hydroxyl groups is 4. The Kier molecular flexibility index (Phi) is 23.3. The molecular formula is C66H90F18O20. The van der Waals surface area contributed by atoms with Gasteiger partial charge in [0.05, 0.1) is 23.0 Å². The second kappa shape index (κ2) is 27.1. The third kappa shape index (κ3) is 15.7. The summed E-state index contributed by atoms with van der Waals surface area (Å²) >= 11 is 0.